The molecule has 1 N–H and O–H groups in total. The Morgan fingerprint density at radius 2 is 1.93 bits per heavy atom. The van der Waals surface area contributed by atoms with Crippen molar-refractivity contribution in [1.29, 1.82) is 5.26 Å². The van der Waals surface area contributed by atoms with Crippen molar-refractivity contribution in [3.05, 3.63) is 60.4 Å². The summed E-state index contributed by atoms with van der Waals surface area (Å²) in [6, 6.07) is 12.2. The van der Waals surface area contributed by atoms with Crippen LogP contribution in [0.1, 0.15) is 24.6 Å². The van der Waals surface area contributed by atoms with E-state index in [1.54, 1.807) is 18.5 Å². The van der Waals surface area contributed by atoms with Gasteiger partial charge in [0.05, 0.1) is 23.9 Å². The second-order valence-corrected chi connectivity index (χ2v) is 7.27. The maximum atomic E-state index is 13.4. The van der Waals surface area contributed by atoms with Crippen molar-refractivity contribution in [1.82, 2.24) is 24.1 Å². The third-order valence-corrected chi connectivity index (χ3v) is 5.49. The first-order chi connectivity index (χ1) is 14.2. The molecule has 0 bridgehead atoms. The van der Waals surface area contributed by atoms with Gasteiger partial charge in [0.25, 0.3) is 0 Å². The average Bonchev–Trinajstić information content (AvgIpc) is 3.31. The van der Waals surface area contributed by atoms with Gasteiger partial charge >= 0.3 is 0 Å². The van der Waals surface area contributed by atoms with Crippen LogP contribution in [0.4, 0.5) is 4.39 Å². The van der Waals surface area contributed by atoms with Gasteiger partial charge in [0.15, 0.2) is 11.3 Å². The number of fused-ring (bicyclic) bond motifs is 1. The molecule has 1 aliphatic carbocycles. The lowest BCUT2D eigenvalue weighted by Gasteiger charge is -2.35. The first-order valence-electron chi connectivity index (χ1n) is 9.37. The van der Waals surface area contributed by atoms with Gasteiger partial charge < -0.3 is 9.67 Å². The maximum Gasteiger partial charge on any atom is 0.162 e. The molecule has 0 atom stereocenters. The first kappa shape index (κ1) is 17.5. The molecule has 8 heteroatoms. The molecule has 29 heavy (non-hydrogen) atoms. The van der Waals surface area contributed by atoms with Crippen LogP contribution in [-0.4, -0.2) is 35.9 Å². The van der Waals surface area contributed by atoms with E-state index in [0.717, 1.165) is 24.1 Å². The van der Waals surface area contributed by atoms with E-state index < -0.39 is 0 Å². The van der Waals surface area contributed by atoms with Crippen molar-refractivity contribution in [2.45, 2.75) is 18.9 Å². The van der Waals surface area contributed by atoms with E-state index in [2.05, 4.69) is 25.7 Å². The molecule has 144 valence electrons. The minimum Gasteiger partial charge on any atom is -0.396 e. The number of aromatic nitrogens is 5. The number of nitrogens with zero attached hydrogens (tertiary/aromatic N) is 6. The van der Waals surface area contributed by atoms with Crippen LogP contribution in [0.25, 0.3) is 28.3 Å². The molecule has 0 aliphatic heterocycles. The molecular formula is C21H17FN6O. The molecule has 7 nitrogen and oxygen atoms in total. The molecule has 1 fully saturated rings. The lowest BCUT2D eigenvalue weighted by atomic mass is 9.80. The van der Waals surface area contributed by atoms with Gasteiger partial charge in [0, 0.05) is 18.2 Å². The van der Waals surface area contributed by atoms with Crippen LogP contribution in [0.3, 0.4) is 0 Å². The standard InChI is InChI=1S/C21H17FN6O/c22-15-3-1-14(2-4-15)20-21(27(12-25-20)16-7-13(8-16)11-29)18-5-6-19-24-10-17(9-23)28(19)26-18/h1-6,10,12-13,16,29H,7-8,11H2. The fraction of sp³-hybridized carbons (Fsp3) is 0.238. The van der Waals surface area contributed by atoms with Crippen molar-refractivity contribution in [3.63, 3.8) is 0 Å². The summed E-state index contributed by atoms with van der Waals surface area (Å²) in [5, 5.41) is 23.3. The minimum atomic E-state index is -0.309. The van der Waals surface area contributed by atoms with Crippen molar-refractivity contribution in [2.24, 2.45) is 5.92 Å². The molecule has 0 spiro atoms. The van der Waals surface area contributed by atoms with Crippen LogP contribution in [0, 0.1) is 23.1 Å². The lowest BCUT2D eigenvalue weighted by molar-refractivity contribution is 0.113. The SMILES string of the molecule is N#Cc1cnc2ccc(-c3c(-c4ccc(F)cc4)ncn3C3CC(CO)C3)nn12. The van der Waals surface area contributed by atoms with Gasteiger partial charge in [0.2, 0.25) is 0 Å². The van der Waals surface area contributed by atoms with Gasteiger partial charge in [-0.15, -0.1) is 0 Å². The number of rotatable bonds is 4. The van der Waals surface area contributed by atoms with Crippen LogP contribution >= 0.6 is 0 Å². The summed E-state index contributed by atoms with van der Waals surface area (Å²) in [4.78, 5) is 8.80. The summed E-state index contributed by atoms with van der Waals surface area (Å²) < 4.78 is 17.0. The van der Waals surface area contributed by atoms with Gasteiger partial charge in [-0.25, -0.2) is 18.9 Å². The molecule has 0 amide bonds. The first-order valence-corrected chi connectivity index (χ1v) is 9.37. The summed E-state index contributed by atoms with van der Waals surface area (Å²) in [7, 11) is 0. The van der Waals surface area contributed by atoms with E-state index in [1.165, 1.54) is 22.8 Å². The molecular weight excluding hydrogens is 371 g/mol. The van der Waals surface area contributed by atoms with Crippen LogP contribution in [0.5, 0.6) is 0 Å². The van der Waals surface area contributed by atoms with E-state index in [4.69, 9.17) is 0 Å². The van der Waals surface area contributed by atoms with Crippen LogP contribution < -0.4 is 0 Å². The molecule has 0 radical (unpaired) electrons. The molecule has 5 rings (SSSR count). The van der Waals surface area contributed by atoms with Crippen molar-refractivity contribution < 1.29 is 9.50 Å². The Morgan fingerprint density at radius 1 is 1.14 bits per heavy atom. The Hall–Kier alpha value is -3.57. The summed E-state index contributed by atoms with van der Waals surface area (Å²) in [5.41, 5.74) is 3.87. The Kier molecular flexibility index (Phi) is 4.11. The number of benzene rings is 1. The molecule has 0 unspecified atom stereocenters. The second-order valence-electron chi connectivity index (χ2n) is 7.27. The number of hydrogen-bond donors (Lipinski definition) is 1. The van der Waals surface area contributed by atoms with Crippen molar-refractivity contribution in [3.8, 4) is 28.7 Å². The van der Waals surface area contributed by atoms with E-state index in [1.807, 2.05) is 12.1 Å². The molecule has 1 aromatic carbocycles. The monoisotopic (exact) mass is 388 g/mol. The van der Waals surface area contributed by atoms with Gasteiger partial charge in [-0.2, -0.15) is 10.4 Å². The summed E-state index contributed by atoms with van der Waals surface area (Å²) in [6.45, 7) is 0.177. The van der Waals surface area contributed by atoms with E-state index in [0.29, 0.717) is 28.6 Å². The molecule has 1 saturated carbocycles. The quantitative estimate of drug-likeness (QED) is 0.580. The third-order valence-electron chi connectivity index (χ3n) is 5.49. The van der Waals surface area contributed by atoms with E-state index in [9.17, 15) is 14.8 Å². The minimum absolute atomic E-state index is 0.177. The average molecular weight is 388 g/mol. The van der Waals surface area contributed by atoms with E-state index in [-0.39, 0.29) is 18.5 Å². The molecule has 0 saturated heterocycles. The fourth-order valence-corrected chi connectivity index (χ4v) is 3.86. The Bertz CT molecular complexity index is 1230. The highest BCUT2D eigenvalue weighted by atomic mass is 19.1. The number of aliphatic hydroxyl groups excluding tert-OH is 1. The molecule has 3 heterocycles. The highest BCUT2D eigenvalue weighted by Gasteiger charge is 2.32. The van der Waals surface area contributed by atoms with Crippen LogP contribution in [0.2, 0.25) is 0 Å². The predicted octanol–water partition coefficient (Wildman–Crippen LogP) is 3.21. The summed E-state index contributed by atoms with van der Waals surface area (Å²) in [6.07, 6.45) is 4.98. The third kappa shape index (κ3) is 2.87. The number of hydrogen-bond acceptors (Lipinski definition) is 5. The smallest absolute Gasteiger partial charge is 0.162 e. The van der Waals surface area contributed by atoms with Crippen molar-refractivity contribution >= 4 is 5.65 Å². The molecule has 3 aromatic heterocycles. The topological polar surface area (TPSA) is 92.0 Å². The number of nitriles is 1. The zero-order chi connectivity index (χ0) is 20.0. The lowest BCUT2D eigenvalue weighted by Crippen LogP contribution is -2.29. The number of aliphatic hydroxyl groups is 1. The number of halogens is 1. The summed E-state index contributed by atoms with van der Waals surface area (Å²) >= 11 is 0. The van der Waals surface area contributed by atoms with Gasteiger partial charge in [-0.3, -0.25) is 0 Å². The van der Waals surface area contributed by atoms with E-state index >= 15 is 0 Å². The predicted molar refractivity (Wildman–Crippen MR) is 103 cm³/mol. The van der Waals surface area contributed by atoms with Gasteiger partial charge in [-0.1, -0.05) is 0 Å². The zero-order valence-electron chi connectivity index (χ0n) is 15.4. The van der Waals surface area contributed by atoms with Crippen LogP contribution in [-0.2, 0) is 0 Å². The largest absolute Gasteiger partial charge is 0.396 e. The van der Waals surface area contributed by atoms with Gasteiger partial charge in [0.1, 0.15) is 17.6 Å². The maximum absolute atomic E-state index is 13.4. The highest BCUT2D eigenvalue weighted by Crippen LogP contribution is 2.42. The number of imidazole rings is 2. The second kappa shape index (κ2) is 6.79. The zero-order valence-corrected chi connectivity index (χ0v) is 15.4. The molecule has 1 aliphatic rings. The normalized spacial score (nSPS) is 18.5. The van der Waals surface area contributed by atoms with Gasteiger partial charge in [-0.05, 0) is 55.2 Å². The Morgan fingerprint density at radius 3 is 2.66 bits per heavy atom. The Labute approximate surface area is 165 Å². The fourth-order valence-electron chi connectivity index (χ4n) is 3.86. The van der Waals surface area contributed by atoms with Crippen LogP contribution in [0.15, 0.2) is 48.9 Å². The highest BCUT2D eigenvalue weighted by molar-refractivity contribution is 5.77. The summed E-state index contributed by atoms with van der Waals surface area (Å²) in [5.74, 6) is -0.0186. The van der Waals surface area contributed by atoms with Crippen molar-refractivity contribution in [2.75, 3.05) is 6.61 Å². The molecule has 4 aromatic rings. The Balaban J connectivity index is 1.68.